The first kappa shape index (κ1) is 12.6. The molecular formula is C15H24N2S. The molecule has 1 N–H and O–H groups in total. The predicted octanol–water partition coefficient (Wildman–Crippen LogP) is 3.61. The zero-order valence-electron chi connectivity index (χ0n) is 11.6. The lowest BCUT2D eigenvalue weighted by Crippen LogP contribution is -2.48. The molecule has 2 aliphatic rings. The van der Waals surface area contributed by atoms with Crippen LogP contribution >= 0.6 is 11.3 Å². The first-order chi connectivity index (χ1) is 8.70. The molecule has 0 bridgehead atoms. The Balaban J connectivity index is 1.80. The third-order valence-corrected chi connectivity index (χ3v) is 5.75. The summed E-state index contributed by atoms with van der Waals surface area (Å²) in [6.07, 6.45) is 9.52. The van der Waals surface area contributed by atoms with Gasteiger partial charge in [0, 0.05) is 16.8 Å². The molecule has 3 rings (SSSR count). The molecule has 1 aliphatic carbocycles. The fourth-order valence-corrected chi connectivity index (χ4v) is 4.39. The highest BCUT2D eigenvalue weighted by molar-refractivity contribution is 7.11. The Morgan fingerprint density at radius 3 is 2.78 bits per heavy atom. The van der Waals surface area contributed by atoms with Gasteiger partial charge in [-0.1, -0.05) is 12.8 Å². The highest BCUT2D eigenvalue weighted by Gasteiger charge is 2.45. The molecule has 1 saturated heterocycles. The van der Waals surface area contributed by atoms with Crippen LogP contribution in [0.1, 0.15) is 54.1 Å². The summed E-state index contributed by atoms with van der Waals surface area (Å²) in [5.74, 6) is 0.917. The van der Waals surface area contributed by atoms with Crippen LogP contribution in [0.5, 0.6) is 0 Å². The van der Waals surface area contributed by atoms with Crippen molar-refractivity contribution < 1.29 is 0 Å². The molecule has 3 heteroatoms. The molecule has 0 amide bonds. The lowest BCUT2D eigenvalue weighted by molar-refractivity contribution is 0.270. The van der Waals surface area contributed by atoms with Gasteiger partial charge in [-0.25, -0.2) is 4.98 Å². The lowest BCUT2D eigenvalue weighted by Gasteiger charge is -2.33. The number of rotatable bonds is 3. The predicted molar refractivity (Wildman–Crippen MR) is 77.2 cm³/mol. The fourth-order valence-electron chi connectivity index (χ4n) is 3.33. The van der Waals surface area contributed by atoms with Crippen LogP contribution in [0, 0.1) is 19.8 Å². The summed E-state index contributed by atoms with van der Waals surface area (Å²) in [7, 11) is 0. The average molecular weight is 264 g/mol. The molecular weight excluding hydrogens is 240 g/mol. The maximum Gasteiger partial charge on any atom is 0.0949 e. The van der Waals surface area contributed by atoms with Crippen LogP contribution in [0.25, 0.3) is 0 Å². The third kappa shape index (κ3) is 2.48. The number of aromatic nitrogens is 1. The number of thiazole rings is 1. The smallest absolute Gasteiger partial charge is 0.0949 e. The zero-order valence-corrected chi connectivity index (χ0v) is 12.4. The van der Waals surface area contributed by atoms with Crippen LogP contribution < -0.4 is 5.32 Å². The Kier molecular flexibility index (Phi) is 3.46. The highest BCUT2D eigenvalue weighted by Crippen LogP contribution is 2.45. The minimum atomic E-state index is 0.382. The highest BCUT2D eigenvalue weighted by atomic mass is 32.1. The molecule has 1 aromatic rings. The maximum atomic E-state index is 4.77. The van der Waals surface area contributed by atoms with E-state index < -0.39 is 0 Å². The van der Waals surface area contributed by atoms with E-state index in [0.717, 1.165) is 12.3 Å². The van der Waals surface area contributed by atoms with Gasteiger partial charge in [0.2, 0.25) is 0 Å². The number of aryl methyl sites for hydroxylation is 2. The summed E-state index contributed by atoms with van der Waals surface area (Å²) in [6, 6.07) is 0. The van der Waals surface area contributed by atoms with Crippen molar-refractivity contribution in [2.24, 2.45) is 5.92 Å². The molecule has 18 heavy (non-hydrogen) atoms. The number of nitrogens with zero attached hydrogens (tertiary/aromatic N) is 1. The molecule has 2 fully saturated rings. The summed E-state index contributed by atoms with van der Waals surface area (Å²) in [6.45, 7) is 5.54. The van der Waals surface area contributed by atoms with E-state index in [2.05, 4.69) is 19.2 Å². The van der Waals surface area contributed by atoms with Crippen LogP contribution in [0.2, 0.25) is 0 Å². The Morgan fingerprint density at radius 1 is 1.28 bits per heavy atom. The van der Waals surface area contributed by atoms with Crippen molar-refractivity contribution in [3.63, 3.8) is 0 Å². The second-order valence-electron chi connectivity index (χ2n) is 6.09. The van der Waals surface area contributed by atoms with Crippen molar-refractivity contribution >= 4 is 11.3 Å². The van der Waals surface area contributed by atoms with E-state index in [0.29, 0.717) is 5.54 Å². The largest absolute Gasteiger partial charge is 0.311 e. The van der Waals surface area contributed by atoms with E-state index >= 15 is 0 Å². The van der Waals surface area contributed by atoms with Gasteiger partial charge in [0.05, 0.1) is 10.7 Å². The number of nitrogens with one attached hydrogen (secondary N) is 1. The second-order valence-corrected chi connectivity index (χ2v) is 7.38. The molecule has 1 aromatic heterocycles. The van der Waals surface area contributed by atoms with Gasteiger partial charge in [-0.3, -0.25) is 0 Å². The molecule has 1 unspecified atom stereocenters. The summed E-state index contributed by atoms with van der Waals surface area (Å²) >= 11 is 1.91. The van der Waals surface area contributed by atoms with E-state index in [1.54, 1.807) is 0 Å². The Hall–Kier alpha value is -0.410. The molecule has 0 radical (unpaired) electrons. The van der Waals surface area contributed by atoms with Crippen molar-refractivity contribution in [1.82, 2.24) is 10.3 Å². The topological polar surface area (TPSA) is 24.9 Å². The number of hydrogen-bond donors (Lipinski definition) is 1. The van der Waals surface area contributed by atoms with E-state index in [1.807, 2.05) is 11.3 Å². The second kappa shape index (κ2) is 4.93. The zero-order chi connectivity index (χ0) is 12.6. The number of hydrogen-bond acceptors (Lipinski definition) is 3. The molecule has 1 atom stereocenters. The summed E-state index contributed by atoms with van der Waals surface area (Å²) in [5.41, 5.74) is 1.61. The molecule has 2 heterocycles. The first-order valence-corrected chi connectivity index (χ1v) is 8.19. The minimum Gasteiger partial charge on any atom is -0.311 e. The van der Waals surface area contributed by atoms with Crippen LogP contribution in [0.4, 0.5) is 0 Å². The Morgan fingerprint density at radius 2 is 2.11 bits per heavy atom. The normalized spacial score (nSPS) is 29.2. The average Bonchev–Trinajstić information content (AvgIpc) is 3.12. The van der Waals surface area contributed by atoms with Crippen molar-refractivity contribution in [1.29, 1.82) is 0 Å². The van der Waals surface area contributed by atoms with E-state index in [9.17, 15) is 0 Å². The molecule has 0 aromatic carbocycles. The molecule has 0 spiro atoms. The van der Waals surface area contributed by atoms with Crippen molar-refractivity contribution in [2.75, 3.05) is 6.54 Å². The van der Waals surface area contributed by atoms with Crippen molar-refractivity contribution in [3.8, 4) is 0 Å². The van der Waals surface area contributed by atoms with Crippen LogP contribution in [-0.4, -0.2) is 17.1 Å². The van der Waals surface area contributed by atoms with Gasteiger partial charge in [-0.2, -0.15) is 0 Å². The van der Waals surface area contributed by atoms with Crippen LogP contribution in [0.15, 0.2) is 0 Å². The summed E-state index contributed by atoms with van der Waals surface area (Å²) in [4.78, 5) is 6.16. The van der Waals surface area contributed by atoms with Gasteiger partial charge >= 0.3 is 0 Å². The fraction of sp³-hybridized carbons (Fsp3) is 0.800. The standard InChI is InChI=1S/C15H24N2S/c1-11-12(2)18-14(17-11)10-15(13-6-7-13)8-4-3-5-9-16-15/h13,16H,3-10H2,1-2H3. The quantitative estimate of drug-likeness (QED) is 0.902. The SMILES string of the molecule is Cc1nc(CC2(C3CC3)CCCCCN2)sc1C. The molecule has 2 nitrogen and oxygen atoms in total. The van der Waals surface area contributed by atoms with Gasteiger partial charge in [0.25, 0.3) is 0 Å². The van der Waals surface area contributed by atoms with Gasteiger partial charge in [0.1, 0.15) is 0 Å². The van der Waals surface area contributed by atoms with Gasteiger partial charge in [-0.05, 0) is 52.0 Å². The minimum absolute atomic E-state index is 0.382. The monoisotopic (exact) mass is 264 g/mol. The third-order valence-electron chi connectivity index (χ3n) is 4.68. The van der Waals surface area contributed by atoms with E-state index in [4.69, 9.17) is 4.98 Å². The van der Waals surface area contributed by atoms with Gasteiger partial charge in [0.15, 0.2) is 0 Å². The molecule has 1 saturated carbocycles. The van der Waals surface area contributed by atoms with Crippen LogP contribution in [-0.2, 0) is 6.42 Å². The van der Waals surface area contributed by atoms with Gasteiger partial charge in [-0.15, -0.1) is 11.3 Å². The van der Waals surface area contributed by atoms with E-state index in [-0.39, 0.29) is 0 Å². The van der Waals surface area contributed by atoms with Crippen molar-refractivity contribution in [2.45, 2.75) is 64.3 Å². The molecule has 100 valence electrons. The maximum absolute atomic E-state index is 4.77. The summed E-state index contributed by atoms with van der Waals surface area (Å²) in [5, 5.41) is 5.25. The van der Waals surface area contributed by atoms with Gasteiger partial charge < -0.3 is 5.32 Å². The lowest BCUT2D eigenvalue weighted by atomic mass is 9.85. The Bertz CT molecular complexity index is 393. The molecule has 1 aliphatic heterocycles. The summed E-state index contributed by atoms with van der Waals surface area (Å²) < 4.78 is 0. The Labute approximate surface area is 114 Å². The van der Waals surface area contributed by atoms with Crippen molar-refractivity contribution in [3.05, 3.63) is 15.6 Å². The van der Waals surface area contributed by atoms with E-state index in [1.165, 1.54) is 60.6 Å². The first-order valence-electron chi connectivity index (χ1n) is 7.37. The van der Waals surface area contributed by atoms with Crippen LogP contribution in [0.3, 0.4) is 0 Å².